The lowest BCUT2D eigenvalue weighted by atomic mass is 10.2. The summed E-state index contributed by atoms with van der Waals surface area (Å²) in [4.78, 5) is 14.6. The van der Waals surface area contributed by atoms with Crippen LogP contribution in [0.3, 0.4) is 0 Å². The van der Waals surface area contributed by atoms with Gasteiger partial charge in [0.05, 0.1) is 23.5 Å². The number of halogens is 1. The van der Waals surface area contributed by atoms with Gasteiger partial charge >= 0.3 is 0 Å². The number of amides is 1. The van der Waals surface area contributed by atoms with Crippen LogP contribution < -0.4 is 9.47 Å². The number of carbonyl (C=O) groups is 1. The SMILES string of the molecule is Cc1nn(-c2ccccc2)c(Cl)c1C(=O)N(C)CC1COc2ccccc2O1. The van der Waals surface area contributed by atoms with E-state index < -0.39 is 0 Å². The Balaban J connectivity index is 1.51. The standard InChI is InChI=1S/C21H20ClN3O3/c1-14-19(20(22)25(23-14)15-8-4-3-5-9-15)21(26)24(2)12-16-13-27-17-10-6-7-11-18(17)28-16/h3-11,16H,12-13H2,1-2H3. The lowest BCUT2D eigenvalue weighted by Crippen LogP contribution is -2.42. The molecule has 1 amide bonds. The Morgan fingerprint density at radius 1 is 1.18 bits per heavy atom. The molecule has 0 N–H and O–H groups in total. The molecule has 3 aromatic rings. The highest BCUT2D eigenvalue weighted by atomic mass is 35.5. The maximum Gasteiger partial charge on any atom is 0.258 e. The number of hydrogen-bond acceptors (Lipinski definition) is 4. The summed E-state index contributed by atoms with van der Waals surface area (Å²) >= 11 is 6.51. The van der Waals surface area contributed by atoms with E-state index in [4.69, 9.17) is 21.1 Å². The lowest BCUT2D eigenvalue weighted by Gasteiger charge is -2.29. The van der Waals surface area contributed by atoms with Crippen molar-refractivity contribution in [1.29, 1.82) is 0 Å². The highest BCUT2D eigenvalue weighted by Gasteiger charge is 2.28. The Kier molecular flexibility index (Phi) is 4.96. The van der Waals surface area contributed by atoms with Crippen molar-refractivity contribution in [2.75, 3.05) is 20.2 Å². The van der Waals surface area contributed by atoms with E-state index in [0.717, 1.165) is 11.4 Å². The van der Waals surface area contributed by atoms with Crippen molar-refractivity contribution in [2.24, 2.45) is 0 Å². The first-order valence-electron chi connectivity index (χ1n) is 8.99. The van der Waals surface area contributed by atoms with Gasteiger partial charge in [-0.15, -0.1) is 0 Å². The average molecular weight is 398 g/mol. The van der Waals surface area contributed by atoms with E-state index in [1.165, 1.54) is 0 Å². The second kappa shape index (κ2) is 7.56. The first kappa shape index (κ1) is 18.4. The number of aryl methyl sites for hydroxylation is 1. The van der Waals surface area contributed by atoms with E-state index in [9.17, 15) is 4.79 Å². The lowest BCUT2D eigenvalue weighted by molar-refractivity contribution is 0.0520. The maximum absolute atomic E-state index is 13.0. The summed E-state index contributed by atoms with van der Waals surface area (Å²) in [7, 11) is 1.72. The molecule has 1 aliphatic heterocycles. The molecular formula is C21H20ClN3O3. The van der Waals surface area contributed by atoms with Gasteiger partial charge in [-0.3, -0.25) is 4.79 Å². The Morgan fingerprint density at radius 3 is 2.61 bits per heavy atom. The average Bonchev–Trinajstić information content (AvgIpc) is 3.02. The summed E-state index contributed by atoms with van der Waals surface area (Å²) in [5, 5.41) is 4.74. The number of carbonyl (C=O) groups excluding carboxylic acids is 1. The molecule has 1 atom stereocenters. The van der Waals surface area contributed by atoms with Crippen molar-refractivity contribution >= 4 is 17.5 Å². The summed E-state index contributed by atoms with van der Waals surface area (Å²) in [6.45, 7) is 2.53. The molecule has 0 bridgehead atoms. The molecule has 0 radical (unpaired) electrons. The number of rotatable bonds is 4. The van der Waals surface area contributed by atoms with Crippen molar-refractivity contribution in [2.45, 2.75) is 13.0 Å². The Hall–Kier alpha value is -2.99. The van der Waals surface area contributed by atoms with Gasteiger partial charge in [0.15, 0.2) is 17.6 Å². The molecular weight excluding hydrogens is 378 g/mol. The van der Waals surface area contributed by atoms with Gasteiger partial charge in [-0.2, -0.15) is 5.10 Å². The van der Waals surface area contributed by atoms with Crippen molar-refractivity contribution in [3.05, 3.63) is 71.0 Å². The van der Waals surface area contributed by atoms with Gasteiger partial charge in [0.25, 0.3) is 5.91 Å². The molecule has 1 aromatic heterocycles. The van der Waals surface area contributed by atoms with E-state index in [0.29, 0.717) is 35.3 Å². The van der Waals surface area contributed by atoms with E-state index in [-0.39, 0.29) is 12.0 Å². The summed E-state index contributed by atoms with van der Waals surface area (Å²) < 4.78 is 13.3. The number of nitrogens with zero attached hydrogens (tertiary/aromatic N) is 3. The fraction of sp³-hybridized carbons (Fsp3) is 0.238. The molecule has 28 heavy (non-hydrogen) atoms. The molecule has 1 aliphatic rings. The molecule has 7 heteroatoms. The largest absolute Gasteiger partial charge is 0.486 e. The van der Waals surface area contributed by atoms with Crippen molar-refractivity contribution in [3.63, 3.8) is 0 Å². The molecule has 4 rings (SSSR count). The van der Waals surface area contributed by atoms with Gasteiger partial charge in [0, 0.05) is 7.05 Å². The minimum Gasteiger partial charge on any atom is -0.486 e. The van der Waals surface area contributed by atoms with Gasteiger partial charge in [0.2, 0.25) is 0 Å². The number of benzene rings is 2. The molecule has 144 valence electrons. The summed E-state index contributed by atoms with van der Waals surface area (Å²) in [5.41, 5.74) is 1.78. The zero-order chi connectivity index (χ0) is 19.7. The van der Waals surface area contributed by atoms with Crippen LogP contribution in [0.4, 0.5) is 0 Å². The second-order valence-electron chi connectivity index (χ2n) is 6.68. The minimum absolute atomic E-state index is 0.202. The molecule has 0 aliphatic carbocycles. The van der Waals surface area contributed by atoms with Crippen LogP contribution in [0.25, 0.3) is 5.69 Å². The number of aromatic nitrogens is 2. The Bertz CT molecular complexity index is 1000. The zero-order valence-electron chi connectivity index (χ0n) is 15.6. The third-order valence-corrected chi connectivity index (χ3v) is 4.96. The summed E-state index contributed by atoms with van der Waals surface area (Å²) in [6.07, 6.45) is -0.257. The van der Waals surface area contributed by atoms with Crippen LogP contribution in [0.1, 0.15) is 16.1 Å². The van der Waals surface area contributed by atoms with Crippen molar-refractivity contribution in [1.82, 2.24) is 14.7 Å². The maximum atomic E-state index is 13.0. The summed E-state index contributed by atoms with van der Waals surface area (Å²) in [6, 6.07) is 17.0. The Labute approximate surface area is 168 Å². The van der Waals surface area contributed by atoms with Crippen LogP contribution in [0, 0.1) is 6.92 Å². The van der Waals surface area contributed by atoms with Gasteiger partial charge in [-0.05, 0) is 31.2 Å². The molecule has 2 heterocycles. The third kappa shape index (κ3) is 3.43. The third-order valence-electron chi connectivity index (χ3n) is 4.61. The second-order valence-corrected chi connectivity index (χ2v) is 7.04. The first-order chi connectivity index (χ1) is 13.5. The van der Waals surface area contributed by atoms with Crippen LogP contribution in [0.5, 0.6) is 11.5 Å². The summed E-state index contributed by atoms with van der Waals surface area (Å²) in [5.74, 6) is 1.20. The van der Waals surface area contributed by atoms with Crippen LogP contribution in [0.15, 0.2) is 54.6 Å². The van der Waals surface area contributed by atoms with Crippen LogP contribution >= 0.6 is 11.6 Å². The monoisotopic (exact) mass is 397 g/mol. The smallest absolute Gasteiger partial charge is 0.258 e. The van der Waals surface area contributed by atoms with Crippen molar-refractivity contribution < 1.29 is 14.3 Å². The number of hydrogen-bond donors (Lipinski definition) is 0. The highest BCUT2D eigenvalue weighted by Crippen LogP contribution is 2.31. The fourth-order valence-electron chi connectivity index (χ4n) is 3.21. The molecule has 1 unspecified atom stereocenters. The minimum atomic E-state index is -0.257. The molecule has 0 saturated carbocycles. The zero-order valence-corrected chi connectivity index (χ0v) is 16.4. The Morgan fingerprint density at radius 2 is 1.86 bits per heavy atom. The number of para-hydroxylation sites is 3. The highest BCUT2D eigenvalue weighted by molar-refractivity contribution is 6.33. The van der Waals surface area contributed by atoms with Gasteiger partial charge in [0.1, 0.15) is 11.8 Å². The van der Waals surface area contributed by atoms with Crippen molar-refractivity contribution in [3.8, 4) is 17.2 Å². The van der Waals surface area contributed by atoms with E-state index in [1.54, 1.807) is 23.6 Å². The normalized spacial score (nSPS) is 15.3. The molecule has 0 saturated heterocycles. The van der Waals surface area contributed by atoms with E-state index >= 15 is 0 Å². The number of ether oxygens (including phenoxy) is 2. The van der Waals surface area contributed by atoms with Gasteiger partial charge in [-0.25, -0.2) is 4.68 Å². The van der Waals surface area contributed by atoms with Crippen LogP contribution in [-0.2, 0) is 0 Å². The van der Waals surface area contributed by atoms with Crippen LogP contribution in [0.2, 0.25) is 5.15 Å². The predicted octanol–water partition coefficient (Wildman–Crippen LogP) is 3.75. The quantitative estimate of drug-likeness (QED) is 0.672. The molecule has 2 aromatic carbocycles. The fourth-order valence-corrected chi connectivity index (χ4v) is 3.57. The topological polar surface area (TPSA) is 56.6 Å². The number of fused-ring (bicyclic) bond motifs is 1. The predicted molar refractivity (Wildman–Crippen MR) is 107 cm³/mol. The van der Waals surface area contributed by atoms with E-state index in [2.05, 4.69) is 5.10 Å². The number of likely N-dealkylation sites (N-methyl/N-ethyl adjacent to an activating group) is 1. The van der Waals surface area contributed by atoms with E-state index in [1.807, 2.05) is 54.6 Å². The molecule has 6 nitrogen and oxygen atoms in total. The van der Waals surface area contributed by atoms with Gasteiger partial charge < -0.3 is 14.4 Å². The molecule has 0 fully saturated rings. The molecule has 0 spiro atoms. The van der Waals surface area contributed by atoms with Gasteiger partial charge in [-0.1, -0.05) is 41.9 Å². The first-order valence-corrected chi connectivity index (χ1v) is 9.37. The van der Waals surface area contributed by atoms with Crippen LogP contribution in [-0.4, -0.2) is 46.9 Å².